The van der Waals surface area contributed by atoms with Crippen molar-refractivity contribution in [2.75, 3.05) is 11.9 Å². The summed E-state index contributed by atoms with van der Waals surface area (Å²) >= 11 is 0. The second-order valence-corrected chi connectivity index (χ2v) is 5.74. The van der Waals surface area contributed by atoms with Crippen molar-refractivity contribution >= 4 is 28.3 Å². The number of aromatic nitrogens is 3. The fraction of sp³-hybridized carbons (Fsp3) is 0.167. The number of nitrogens with zero attached hydrogens (tertiary/aromatic N) is 3. The number of carbonyl (C=O) groups is 1. The maximum Gasteiger partial charge on any atom is 0.239 e. The Morgan fingerprint density at radius 3 is 2.96 bits per heavy atom. The standard InChI is InChI=1S/C18H17N5O2/c1-12-9-16-21-18(14-6-2-3-7-15(14)23(16)22-12)20-11-17(24)19-10-13-5-4-8-25-13/h2-9H,10-11H2,1H3,(H,19,24)(H,20,21). The molecule has 2 N–H and O–H groups in total. The predicted molar refractivity (Wildman–Crippen MR) is 94.3 cm³/mol. The smallest absolute Gasteiger partial charge is 0.239 e. The van der Waals surface area contributed by atoms with E-state index in [1.165, 1.54) is 0 Å². The largest absolute Gasteiger partial charge is 0.467 e. The van der Waals surface area contributed by atoms with Gasteiger partial charge in [0.1, 0.15) is 11.6 Å². The van der Waals surface area contributed by atoms with Gasteiger partial charge in [-0.05, 0) is 31.2 Å². The van der Waals surface area contributed by atoms with E-state index in [1.807, 2.05) is 47.8 Å². The summed E-state index contributed by atoms with van der Waals surface area (Å²) in [5.74, 6) is 1.25. The number of fused-ring (bicyclic) bond motifs is 3. The van der Waals surface area contributed by atoms with Gasteiger partial charge in [-0.3, -0.25) is 4.79 Å². The number of hydrogen-bond donors (Lipinski definition) is 2. The van der Waals surface area contributed by atoms with E-state index >= 15 is 0 Å². The lowest BCUT2D eigenvalue weighted by atomic mass is 10.2. The second kappa shape index (κ2) is 6.27. The average Bonchev–Trinajstić information content (AvgIpc) is 3.26. The third-order valence-corrected chi connectivity index (χ3v) is 3.88. The van der Waals surface area contributed by atoms with Gasteiger partial charge in [-0.15, -0.1) is 0 Å². The number of rotatable bonds is 5. The van der Waals surface area contributed by atoms with E-state index < -0.39 is 0 Å². The second-order valence-electron chi connectivity index (χ2n) is 5.74. The number of furan rings is 1. The van der Waals surface area contributed by atoms with Crippen molar-refractivity contribution in [2.45, 2.75) is 13.5 Å². The summed E-state index contributed by atoms with van der Waals surface area (Å²) in [6.07, 6.45) is 1.58. The molecule has 3 heterocycles. The first-order valence-electron chi connectivity index (χ1n) is 7.99. The molecule has 0 aliphatic rings. The molecule has 0 saturated carbocycles. The number of nitrogens with one attached hydrogen (secondary N) is 2. The molecule has 3 aromatic heterocycles. The zero-order valence-electron chi connectivity index (χ0n) is 13.7. The van der Waals surface area contributed by atoms with Gasteiger partial charge in [0.25, 0.3) is 0 Å². The van der Waals surface area contributed by atoms with Gasteiger partial charge >= 0.3 is 0 Å². The lowest BCUT2D eigenvalue weighted by molar-refractivity contribution is -0.119. The minimum Gasteiger partial charge on any atom is -0.467 e. The quantitative estimate of drug-likeness (QED) is 0.585. The molecule has 0 unspecified atom stereocenters. The first-order valence-corrected chi connectivity index (χ1v) is 7.99. The normalized spacial score (nSPS) is 11.1. The summed E-state index contributed by atoms with van der Waals surface area (Å²) in [7, 11) is 0. The van der Waals surface area contributed by atoms with Gasteiger partial charge in [0.2, 0.25) is 5.91 Å². The highest BCUT2D eigenvalue weighted by Gasteiger charge is 2.11. The van der Waals surface area contributed by atoms with Crippen molar-refractivity contribution in [3.8, 4) is 0 Å². The summed E-state index contributed by atoms with van der Waals surface area (Å²) in [4.78, 5) is 16.7. The molecule has 0 aliphatic carbocycles. The molecular weight excluding hydrogens is 318 g/mol. The van der Waals surface area contributed by atoms with E-state index in [0.29, 0.717) is 18.1 Å². The molecule has 7 nitrogen and oxygen atoms in total. The van der Waals surface area contributed by atoms with Gasteiger partial charge in [-0.25, -0.2) is 9.50 Å². The Morgan fingerprint density at radius 1 is 1.24 bits per heavy atom. The molecule has 126 valence electrons. The van der Waals surface area contributed by atoms with Crippen molar-refractivity contribution in [1.82, 2.24) is 19.9 Å². The highest BCUT2D eigenvalue weighted by molar-refractivity contribution is 5.92. The van der Waals surface area contributed by atoms with Crippen LogP contribution in [-0.4, -0.2) is 27.0 Å². The zero-order chi connectivity index (χ0) is 17.2. The van der Waals surface area contributed by atoms with Crippen LogP contribution in [0.25, 0.3) is 16.6 Å². The summed E-state index contributed by atoms with van der Waals surface area (Å²) in [5.41, 5.74) is 2.58. The van der Waals surface area contributed by atoms with Gasteiger partial charge in [-0.2, -0.15) is 5.10 Å². The van der Waals surface area contributed by atoms with Crippen LogP contribution >= 0.6 is 0 Å². The van der Waals surface area contributed by atoms with Crippen LogP contribution in [0.3, 0.4) is 0 Å². The summed E-state index contributed by atoms with van der Waals surface area (Å²) in [6.45, 7) is 2.42. The Balaban J connectivity index is 1.54. The molecule has 0 radical (unpaired) electrons. The van der Waals surface area contributed by atoms with Crippen molar-refractivity contribution < 1.29 is 9.21 Å². The van der Waals surface area contributed by atoms with Gasteiger partial charge in [0, 0.05) is 11.5 Å². The Morgan fingerprint density at radius 2 is 2.12 bits per heavy atom. The lowest BCUT2D eigenvalue weighted by Crippen LogP contribution is -2.29. The Hall–Kier alpha value is -3.35. The predicted octanol–water partition coefficient (Wildman–Crippen LogP) is 2.51. The van der Waals surface area contributed by atoms with Crippen LogP contribution in [0.2, 0.25) is 0 Å². The van der Waals surface area contributed by atoms with Crippen molar-refractivity contribution in [1.29, 1.82) is 0 Å². The molecule has 4 aromatic rings. The number of aryl methyl sites for hydroxylation is 1. The molecule has 0 fully saturated rings. The summed E-state index contributed by atoms with van der Waals surface area (Å²) in [6, 6.07) is 13.4. The molecule has 25 heavy (non-hydrogen) atoms. The number of amides is 1. The summed E-state index contributed by atoms with van der Waals surface area (Å²) < 4.78 is 7.01. The first-order chi connectivity index (χ1) is 12.2. The van der Waals surface area contributed by atoms with Crippen molar-refractivity contribution in [3.63, 3.8) is 0 Å². The molecule has 1 amide bonds. The number of benzene rings is 1. The minimum absolute atomic E-state index is 0.126. The molecular formula is C18H17N5O2. The topological polar surface area (TPSA) is 84.5 Å². The SMILES string of the molecule is Cc1cc2nc(NCC(=O)NCc3ccco3)c3ccccc3n2n1. The first kappa shape index (κ1) is 15.2. The molecule has 1 aromatic carbocycles. The van der Waals surface area contributed by atoms with E-state index in [9.17, 15) is 4.79 Å². The van der Waals surface area contributed by atoms with Crippen LogP contribution in [0, 0.1) is 6.92 Å². The molecule has 0 spiro atoms. The highest BCUT2D eigenvalue weighted by atomic mass is 16.3. The lowest BCUT2D eigenvalue weighted by Gasteiger charge is -2.10. The highest BCUT2D eigenvalue weighted by Crippen LogP contribution is 2.23. The molecule has 0 bridgehead atoms. The van der Waals surface area contributed by atoms with Crippen LogP contribution in [-0.2, 0) is 11.3 Å². The van der Waals surface area contributed by atoms with Gasteiger partial charge < -0.3 is 15.1 Å². The number of para-hydroxylation sites is 1. The van der Waals surface area contributed by atoms with Gasteiger partial charge in [0.15, 0.2) is 5.65 Å². The molecule has 0 atom stereocenters. The van der Waals surface area contributed by atoms with E-state index in [0.717, 1.165) is 22.2 Å². The molecule has 7 heteroatoms. The zero-order valence-corrected chi connectivity index (χ0v) is 13.7. The maximum absolute atomic E-state index is 12.1. The number of anilines is 1. The van der Waals surface area contributed by atoms with Crippen molar-refractivity contribution in [2.24, 2.45) is 0 Å². The van der Waals surface area contributed by atoms with Gasteiger partial charge in [-0.1, -0.05) is 12.1 Å². The van der Waals surface area contributed by atoms with Crippen molar-refractivity contribution in [3.05, 3.63) is 60.2 Å². The minimum atomic E-state index is -0.133. The third-order valence-electron chi connectivity index (χ3n) is 3.88. The fourth-order valence-electron chi connectivity index (χ4n) is 2.74. The number of hydrogen-bond acceptors (Lipinski definition) is 5. The Labute approximate surface area is 143 Å². The van der Waals surface area contributed by atoms with Crippen LogP contribution in [0.5, 0.6) is 0 Å². The van der Waals surface area contributed by atoms with Gasteiger partial charge in [0.05, 0.1) is 30.6 Å². The summed E-state index contributed by atoms with van der Waals surface area (Å²) in [5, 5.41) is 11.3. The van der Waals surface area contributed by atoms with Crippen LogP contribution in [0.1, 0.15) is 11.5 Å². The molecule has 4 rings (SSSR count). The average molecular weight is 335 g/mol. The molecule has 0 saturated heterocycles. The Bertz CT molecular complexity index is 1040. The molecule has 0 aliphatic heterocycles. The number of carbonyl (C=O) groups excluding carboxylic acids is 1. The van der Waals surface area contributed by atoms with E-state index in [1.54, 1.807) is 12.3 Å². The van der Waals surface area contributed by atoms with Crippen LogP contribution in [0.15, 0.2) is 53.1 Å². The Kier molecular flexibility index (Phi) is 3.81. The monoisotopic (exact) mass is 335 g/mol. The van der Waals surface area contributed by atoms with Crippen LogP contribution in [0.4, 0.5) is 5.82 Å². The van der Waals surface area contributed by atoms with E-state index in [-0.39, 0.29) is 12.5 Å². The third kappa shape index (κ3) is 3.03. The fourth-order valence-corrected chi connectivity index (χ4v) is 2.74. The van der Waals surface area contributed by atoms with E-state index in [4.69, 9.17) is 4.42 Å². The maximum atomic E-state index is 12.1. The van der Waals surface area contributed by atoms with E-state index in [2.05, 4.69) is 20.7 Å². The van der Waals surface area contributed by atoms with Crippen LogP contribution < -0.4 is 10.6 Å².